The van der Waals surface area contributed by atoms with Crippen LogP contribution in [0.1, 0.15) is 36.8 Å². The molecule has 1 aromatic carbocycles. The highest BCUT2D eigenvalue weighted by atomic mass is 127. The number of nitrogens with zero attached hydrogens (tertiary/aromatic N) is 1. The van der Waals surface area contributed by atoms with Crippen molar-refractivity contribution in [1.82, 2.24) is 10.6 Å². The smallest absolute Gasteiger partial charge is 0.191 e. The molecule has 2 N–H and O–H groups in total. The Morgan fingerprint density at radius 1 is 1.36 bits per heavy atom. The molecule has 3 unspecified atom stereocenters. The molecule has 2 saturated carbocycles. The third kappa shape index (κ3) is 3.67. The van der Waals surface area contributed by atoms with E-state index in [1.54, 1.807) is 13.1 Å². The first-order valence-electron chi connectivity index (χ1n) is 9.73. The number of nitrogens with one attached hydrogen (secondary N) is 2. The molecule has 0 amide bonds. The second kappa shape index (κ2) is 8.10. The number of halogens is 1. The normalized spacial score (nSPS) is 28.0. The zero-order valence-electron chi connectivity index (χ0n) is 16.7. The first-order chi connectivity index (χ1) is 12.8. The van der Waals surface area contributed by atoms with Gasteiger partial charge in [-0.05, 0) is 43.4 Å². The Labute approximate surface area is 184 Å². The Morgan fingerprint density at radius 2 is 2.11 bits per heavy atom. The van der Waals surface area contributed by atoms with Gasteiger partial charge in [0.1, 0.15) is 0 Å². The number of sulfone groups is 1. The summed E-state index contributed by atoms with van der Waals surface area (Å²) in [5.74, 6) is 1.40. The van der Waals surface area contributed by atoms with E-state index in [1.807, 2.05) is 19.1 Å². The van der Waals surface area contributed by atoms with Gasteiger partial charge in [0.25, 0.3) is 0 Å². The van der Waals surface area contributed by atoms with Crippen LogP contribution < -0.4 is 10.6 Å². The van der Waals surface area contributed by atoms with Crippen LogP contribution in [0, 0.1) is 18.3 Å². The summed E-state index contributed by atoms with van der Waals surface area (Å²) in [6, 6.07) is 5.92. The van der Waals surface area contributed by atoms with Crippen molar-refractivity contribution in [2.75, 3.05) is 19.9 Å². The summed E-state index contributed by atoms with van der Waals surface area (Å²) in [6.45, 7) is 3.32. The maximum Gasteiger partial charge on any atom is 0.191 e. The number of fused-ring (bicyclic) bond motifs is 2. The summed E-state index contributed by atoms with van der Waals surface area (Å²) in [5.41, 5.74) is 2.13. The van der Waals surface area contributed by atoms with Crippen LogP contribution in [0.5, 0.6) is 0 Å². The lowest BCUT2D eigenvalue weighted by Gasteiger charge is -2.63. The van der Waals surface area contributed by atoms with Crippen molar-refractivity contribution in [1.29, 1.82) is 0 Å². The van der Waals surface area contributed by atoms with Gasteiger partial charge >= 0.3 is 0 Å². The van der Waals surface area contributed by atoms with Crippen LogP contribution in [-0.4, -0.2) is 46.4 Å². The summed E-state index contributed by atoms with van der Waals surface area (Å²) < 4.78 is 29.5. The summed E-state index contributed by atoms with van der Waals surface area (Å²) in [5, 5.41) is 7.04. The van der Waals surface area contributed by atoms with Crippen molar-refractivity contribution in [3.8, 4) is 0 Å². The van der Waals surface area contributed by atoms with Crippen molar-refractivity contribution < 1.29 is 13.2 Å². The number of rotatable bonds is 4. The molecule has 1 spiro atoms. The second-order valence-electron chi connectivity index (χ2n) is 8.25. The number of aryl methyl sites for hydroxylation is 1. The van der Waals surface area contributed by atoms with E-state index >= 15 is 0 Å². The van der Waals surface area contributed by atoms with E-state index in [4.69, 9.17) is 4.74 Å². The number of hydrogen-bond acceptors (Lipinski definition) is 4. The Kier molecular flexibility index (Phi) is 6.32. The lowest BCUT2D eigenvalue weighted by molar-refractivity contribution is -0.171. The molecule has 2 aliphatic carbocycles. The molecule has 6 nitrogen and oxygen atoms in total. The highest BCUT2D eigenvalue weighted by molar-refractivity contribution is 14.0. The van der Waals surface area contributed by atoms with Crippen molar-refractivity contribution in [3.63, 3.8) is 0 Å². The number of benzene rings is 1. The lowest BCUT2D eigenvalue weighted by atomic mass is 9.46. The van der Waals surface area contributed by atoms with Crippen LogP contribution in [0.15, 0.2) is 28.1 Å². The van der Waals surface area contributed by atoms with Gasteiger partial charge in [-0.3, -0.25) is 4.99 Å². The molecule has 8 heteroatoms. The van der Waals surface area contributed by atoms with Crippen LogP contribution in [0.3, 0.4) is 0 Å². The molecule has 28 heavy (non-hydrogen) atoms. The van der Waals surface area contributed by atoms with Gasteiger partial charge in [0, 0.05) is 43.8 Å². The average molecular weight is 519 g/mol. The maximum atomic E-state index is 11.8. The molecule has 156 valence electrons. The quantitative estimate of drug-likeness (QED) is 0.364. The van der Waals surface area contributed by atoms with Gasteiger partial charge in [0.05, 0.1) is 11.0 Å². The molecule has 1 heterocycles. The molecule has 0 bridgehead atoms. The number of guanidine groups is 1. The Balaban J connectivity index is 0.00000225. The molecule has 3 fully saturated rings. The molecular formula is C20H30IN3O3S. The lowest BCUT2D eigenvalue weighted by Crippen LogP contribution is -2.72. The largest absolute Gasteiger partial charge is 0.377 e. The molecule has 3 atom stereocenters. The number of ether oxygens (including phenoxy) is 1. The minimum atomic E-state index is -3.18. The summed E-state index contributed by atoms with van der Waals surface area (Å²) in [4.78, 5) is 4.79. The SMILES string of the molecule is CN=C(NCc1ccc(S(C)(=O)=O)c(C)c1)NC1C2CCOC2C12CCC2.I. The fraction of sp³-hybridized carbons (Fsp3) is 0.650. The predicted octanol–water partition coefficient (Wildman–Crippen LogP) is 2.64. The highest BCUT2D eigenvalue weighted by Gasteiger charge is 2.66. The Hall–Kier alpha value is -0.870. The van der Waals surface area contributed by atoms with Gasteiger partial charge in [-0.1, -0.05) is 18.6 Å². The fourth-order valence-corrected chi connectivity index (χ4v) is 6.18. The molecule has 0 radical (unpaired) electrons. The first kappa shape index (κ1) is 21.8. The van der Waals surface area contributed by atoms with E-state index in [-0.39, 0.29) is 24.0 Å². The van der Waals surface area contributed by atoms with E-state index < -0.39 is 9.84 Å². The highest BCUT2D eigenvalue weighted by Crippen LogP contribution is 2.62. The fourth-order valence-electron chi connectivity index (χ4n) is 5.22. The van der Waals surface area contributed by atoms with Crippen molar-refractivity contribution in [2.45, 2.75) is 56.2 Å². The molecule has 1 aliphatic heterocycles. The number of hydrogen-bond donors (Lipinski definition) is 2. The summed E-state index contributed by atoms with van der Waals surface area (Å²) in [6.07, 6.45) is 6.60. The number of aliphatic imine (C=N–C) groups is 1. The second-order valence-corrected chi connectivity index (χ2v) is 10.2. The predicted molar refractivity (Wildman–Crippen MR) is 121 cm³/mol. The minimum Gasteiger partial charge on any atom is -0.377 e. The Bertz CT molecular complexity index is 867. The molecule has 4 rings (SSSR count). The third-order valence-corrected chi connectivity index (χ3v) is 7.91. The third-order valence-electron chi connectivity index (χ3n) is 6.65. The zero-order valence-corrected chi connectivity index (χ0v) is 19.8. The van der Waals surface area contributed by atoms with Gasteiger partial charge < -0.3 is 15.4 Å². The van der Waals surface area contributed by atoms with E-state index in [1.165, 1.54) is 25.5 Å². The van der Waals surface area contributed by atoms with Gasteiger partial charge in [-0.2, -0.15) is 0 Å². The van der Waals surface area contributed by atoms with E-state index in [0.717, 1.165) is 30.1 Å². The molecule has 0 aromatic heterocycles. The zero-order chi connectivity index (χ0) is 19.2. The van der Waals surface area contributed by atoms with Crippen LogP contribution >= 0.6 is 24.0 Å². The Morgan fingerprint density at radius 3 is 2.68 bits per heavy atom. The standard InChI is InChI=1S/C20H29N3O3S.HI/c1-13-11-14(5-6-16(13)27(3,24)25)12-22-19(21-2)23-17-15-7-10-26-18(15)20(17)8-4-9-20;/h5-6,11,15,17-18H,4,7-10,12H2,1-3H3,(H2,21,22,23);1H. The van der Waals surface area contributed by atoms with Gasteiger partial charge in [0.2, 0.25) is 0 Å². The maximum absolute atomic E-state index is 11.8. The van der Waals surface area contributed by atoms with Crippen LogP contribution in [0.25, 0.3) is 0 Å². The molecule has 1 saturated heterocycles. The monoisotopic (exact) mass is 519 g/mol. The van der Waals surface area contributed by atoms with Crippen molar-refractivity contribution in [3.05, 3.63) is 29.3 Å². The molecule has 3 aliphatic rings. The van der Waals surface area contributed by atoms with Crippen LogP contribution in [-0.2, 0) is 21.1 Å². The first-order valence-corrected chi connectivity index (χ1v) is 11.6. The minimum absolute atomic E-state index is 0. The van der Waals surface area contributed by atoms with Gasteiger partial charge in [-0.25, -0.2) is 8.42 Å². The summed E-state index contributed by atoms with van der Waals surface area (Å²) in [7, 11) is -1.39. The topological polar surface area (TPSA) is 79.8 Å². The van der Waals surface area contributed by atoms with Crippen molar-refractivity contribution >= 4 is 39.8 Å². The summed E-state index contributed by atoms with van der Waals surface area (Å²) >= 11 is 0. The van der Waals surface area contributed by atoms with E-state index in [9.17, 15) is 8.42 Å². The average Bonchev–Trinajstić information content (AvgIpc) is 2.97. The van der Waals surface area contributed by atoms with Crippen LogP contribution in [0.2, 0.25) is 0 Å². The van der Waals surface area contributed by atoms with Crippen LogP contribution in [0.4, 0.5) is 0 Å². The van der Waals surface area contributed by atoms with E-state index in [2.05, 4.69) is 15.6 Å². The van der Waals surface area contributed by atoms with Gasteiger partial charge in [0.15, 0.2) is 15.8 Å². The van der Waals surface area contributed by atoms with Crippen molar-refractivity contribution in [2.24, 2.45) is 16.3 Å². The van der Waals surface area contributed by atoms with Gasteiger partial charge in [-0.15, -0.1) is 24.0 Å². The van der Waals surface area contributed by atoms with E-state index in [0.29, 0.717) is 34.9 Å². The molecular weight excluding hydrogens is 489 g/mol. The molecule has 1 aromatic rings.